The van der Waals surface area contributed by atoms with Gasteiger partial charge in [0, 0.05) is 29.3 Å². The average Bonchev–Trinajstić information content (AvgIpc) is 3.10. The smallest absolute Gasteiger partial charge is 0.242 e. The summed E-state index contributed by atoms with van der Waals surface area (Å²) in [6.45, 7) is 0.378. The molecule has 0 amide bonds. The van der Waals surface area contributed by atoms with E-state index in [9.17, 15) is 12.8 Å². The second-order valence-corrected chi connectivity index (χ2v) is 9.14. The van der Waals surface area contributed by atoms with Crippen molar-refractivity contribution in [1.82, 2.24) is 14.5 Å². The zero-order valence-corrected chi connectivity index (χ0v) is 17.1. The van der Waals surface area contributed by atoms with Crippen LogP contribution in [0.25, 0.3) is 11.3 Å². The maximum Gasteiger partial charge on any atom is 0.242 e. The molecule has 27 heavy (non-hydrogen) atoms. The summed E-state index contributed by atoms with van der Waals surface area (Å²) in [6.07, 6.45) is 1.27. The molecule has 0 spiro atoms. The summed E-state index contributed by atoms with van der Waals surface area (Å²) in [6, 6.07) is 14.8. The zero-order valence-electron chi connectivity index (χ0n) is 14.7. The van der Waals surface area contributed by atoms with Crippen LogP contribution in [0, 0.1) is 5.82 Å². The van der Waals surface area contributed by atoms with Crippen LogP contribution >= 0.6 is 15.9 Å². The van der Waals surface area contributed by atoms with Gasteiger partial charge in [-0.15, -0.1) is 0 Å². The normalized spacial score (nSPS) is 11.9. The van der Waals surface area contributed by atoms with Crippen LogP contribution in [0.15, 0.2) is 64.0 Å². The van der Waals surface area contributed by atoms with Crippen molar-refractivity contribution in [2.24, 2.45) is 0 Å². The number of hydrogen-bond donors (Lipinski definition) is 1. The van der Waals surface area contributed by atoms with E-state index in [4.69, 9.17) is 0 Å². The molecule has 0 bridgehead atoms. The Labute approximate surface area is 166 Å². The van der Waals surface area contributed by atoms with Gasteiger partial charge < -0.3 is 0 Å². The predicted molar refractivity (Wildman–Crippen MR) is 106 cm³/mol. The first kappa shape index (κ1) is 19.7. The largest absolute Gasteiger partial charge is 0.282 e. The van der Waals surface area contributed by atoms with Crippen molar-refractivity contribution in [1.29, 1.82) is 0 Å². The first-order valence-electron chi connectivity index (χ1n) is 8.38. The zero-order chi connectivity index (χ0) is 19.4. The fourth-order valence-corrected chi connectivity index (χ4v) is 4.51. The summed E-state index contributed by atoms with van der Waals surface area (Å²) in [4.78, 5) is 0.259. The molecule has 0 aliphatic carbocycles. The molecule has 3 rings (SSSR count). The standard InChI is InChI=1S/C19H19BrFN3O2S/c1-24(27(25,26)18-9-3-6-15(20)12-18)10-4-8-17-13-19(23-22-17)14-5-2-7-16(21)11-14/h2-3,5-7,9,11-13H,4,8,10H2,1H3,(H,22,23). The van der Waals surface area contributed by atoms with Crippen LogP contribution in [0.3, 0.4) is 0 Å². The van der Waals surface area contributed by atoms with Gasteiger partial charge in [-0.05, 0) is 49.2 Å². The van der Waals surface area contributed by atoms with E-state index in [0.29, 0.717) is 30.6 Å². The average molecular weight is 452 g/mol. The van der Waals surface area contributed by atoms with Gasteiger partial charge >= 0.3 is 0 Å². The van der Waals surface area contributed by atoms with E-state index in [-0.39, 0.29) is 10.7 Å². The lowest BCUT2D eigenvalue weighted by Gasteiger charge is -2.17. The molecule has 1 heterocycles. The third-order valence-electron chi connectivity index (χ3n) is 4.17. The summed E-state index contributed by atoms with van der Waals surface area (Å²) in [5.74, 6) is -0.309. The first-order chi connectivity index (χ1) is 12.9. The fourth-order valence-electron chi connectivity index (χ4n) is 2.71. The second-order valence-electron chi connectivity index (χ2n) is 6.18. The molecule has 1 aromatic heterocycles. The Kier molecular flexibility index (Phi) is 6.08. The van der Waals surface area contributed by atoms with Crippen molar-refractivity contribution in [3.63, 3.8) is 0 Å². The molecule has 2 aromatic carbocycles. The van der Waals surface area contributed by atoms with E-state index in [1.165, 1.54) is 16.4 Å². The van der Waals surface area contributed by atoms with Gasteiger partial charge in [0.05, 0.1) is 10.6 Å². The number of hydrogen-bond acceptors (Lipinski definition) is 3. The van der Waals surface area contributed by atoms with Crippen molar-refractivity contribution in [3.05, 3.63) is 70.6 Å². The lowest BCUT2D eigenvalue weighted by Crippen LogP contribution is -2.28. The molecule has 0 aliphatic rings. The Morgan fingerprint density at radius 2 is 1.93 bits per heavy atom. The van der Waals surface area contributed by atoms with Crippen molar-refractivity contribution in [3.8, 4) is 11.3 Å². The van der Waals surface area contributed by atoms with Gasteiger partial charge in [0.2, 0.25) is 10.0 Å². The summed E-state index contributed by atoms with van der Waals surface area (Å²) in [5.41, 5.74) is 2.24. The van der Waals surface area contributed by atoms with Gasteiger partial charge in [-0.1, -0.05) is 34.1 Å². The van der Waals surface area contributed by atoms with Crippen molar-refractivity contribution < 1.29 is 12.8 Å². The van der Waals surface area contributed by atoms with E-state index < -0.39 is 10.0 Å². The number of aryl methyl sites for hydroxylation is 1. The second kappa shape index (κ2) is 8.33. The lowest BCUT2D eigenvalue weighted by molar-refractivity contribution is 0.460. The Bertz CT molecular complexity index is 1040. The number of benzene rings is 2. The first-order valence-corrected chi connectivity index (χ1v) is 10.6. The Hall–Kier alpha value is -2.03. The van der Waals surface area contributed by atoms with Crippen LogP contribution in [-0.2, 0) is 16.4 Å². The maximum atomic E-state index is 13.3. The van der Waals surface area contributed by atoms with E-state index in [1.54, 1.807) is 43.4 Å². The predicted octanol–water partition coefficient (Wildman–Crippen LogP) is 4.23. The highest BCUT2D eigenvalue weighted by Gasteiger charge is 2.20. The molecule has 0 saturated carbocycles. The molecular formula is C19H19BrFN3O2S. The molecule has 0 fully saturated rings. The van der Waals surface area contributed by atoms with Gasteiger partial charge in [0.1, 0.15) is 5.82 Å². The Balaban J connectivity index is 1.60. The highest BCUT2D eigenvalue weighted by atomic mass is 79.9. The highest BCUT2D eigenvalue weighted by molar-refractivity contribution is 9.10. The minimum Gasteiger partial charge on any atom is -0.282 e. The van der Waals surface area contributed by atoms with E-state index in [1.807, 2.05) is 6.07 Å². The lowest BCUT2D eigenvalue weighted by atomic mass is 10.1. The third-order valence-corrected chi connectivity index (χ3v) is 6.52. The molecule has 0 atom stereocenters. The van der Waals surface area contributed by atoms with Crippen LogP contribution in [0.5, 0.6) is 0 Å². The summed E-state index contributed by atoms with van der Waals surface area (Å²) in [7, 11) is -1.95. The third kappa shape index (κ3) is 4.82. The number of H-pyrrole nitrogens is 1. The molecule has 0 unspecified atom stereocenters. The minimum absolute atomic E-state index is 0.259. The van der Waals surface area contributed by atoms with Gasteiger partial charge in [-0.25, -0.2) is 17.1 Å². The molecule has 8 heteroatoms. The number of rotatable bonds is 7. The highest BCUT2D eigenvalue weighted by Crippen LogP contribution is 2.21. The number of halogens is 2. The summed E-state index contributed by atoms with van der Waals surface area (Å²) >= 11 is 3.30. The number of aromatic nitrogens is 2. The fraction of sp³-hybridized carbons (Fsp3) is 0.211. The van der Waals surface area contributed by atoms with Gasteiger partial charge in [-0.3, -0.25) is 5.10 Å². The molecule has 0 radical (unpaired) electrons. The Morgan fingerprint density at radius 1 is 1.15 bits per heavy atom. The van der Waals surface area contributed by atoms with Crippen LogP contribution in [0.1, 0.15) is 12.1 Å². The van der Waals surface area contributed by atoms with Crippen LogP contribution < -0.4 is 0 Å². The van der Waals surface area contributed by atoms with Crippen LogP contribution in [0.4, 0.5) is 4.39 Å². The minimum atomic E-state index is -3.52. The molecular weight excluding hydrogens is 433 g/mol. The topological polar surface area (TPSA) is 66.1 Å². The van der Waals surface area contributed by atoms with E-state index in [2.05, 4.69) is 26.1 Å². The van der Waals surface area contributed by atoms with E-state index in [0.717, 1.165) is 10.2 Å². The van der Waals surface area contributed by atoms with Crippen LogP contribution in [-0.4, -0.2) is 36.5 Å². The van der Waals surface area contributed by atoms with Gasteiger partial charge in [0.15, 0.2) is 0 Å². The van der Waals surface area contributed by atoms with Crippen molar-refractivity contribution in [2.75, 3.05) is 13.6 Å². The quantitative estimate of drug-likeness (QED) is 0.584. The maximum absolute atomic E-state index is 13.3. The number of aromatic amines is 1. The number of sulfonamides is 1. The molecule has 0 aliphatic heterocycles. The summed E-state index contributed by atoms with van der Waals surface area (Å²) < 4.78 is 40.6. The SMILES string of the molecule is CN(CCCc1cc(-c2cccc(F)c2)n[nH]1)S(=O)(=O)c1cccc(Br)c1. The Morgan fingerprint density at radius 3 is 2.67 bits per heavy atom. The van der Waals surface area contributed by atoms with Crippen molar-refractivity contribution in [2.45, 2.75) is 17.7 Å². The summed E-state index contributed by atoms with van der Waals surface area (Å²) in [5, 5.41) is 7.13. The van der Waals surface area contributed by atoms with Gasteiger partial charge in [-0.2, -0.15) is 5.10 Å². The van der Waals surface area contributed by atoms with E-state index >= 15 is 0 Å². The van der Waals surface area contributed by atoms with Gasteiger partial charge in [0.25, 0.3) is 0 Å². The number of nitrogens with one attached hydrogen (secondary N) is 1. The molecule has 1 N–H and O–H groups in total. The van der Waals surface area contributed by atoms with Crippen LogP contribution in [0.2, 0.25) is 0 Å². The number of nitrogens with zero attached hydrogens (tertiary/aromatic N) is 2. The molecule has 3 aromatic rings. The van der Waals surface area contributed by atoms with Crippen molar-refractivity contribution >= 4 is 26.0 Å². The monoisotopic (exact) mass is 451 g/mol. The molecule has 0 saturated heterocycles. The molecule has 142 valence electrons. The molecule has 5 nitrogen and oxygen atoms in total.